The molecule has 4 aliphatic rings. The topological polar surface area (TPSA) is 94.8 Å². The van der Waals surface area contributed by atoms with Crippen LogP contribution in [0.2, 0.25) is 0 Å². The zero-order valence-corrected chi connectivity index (χ0v) is 17.1. The lowest BCUT2D eigenvalue weighted by molar-refractivity contribution is -0.190. The molecular weight excluding hydrogens is 382 g/mol. The first-order valence-electron chi connectivity index (χ1n) is 10.6. The molecule has 0 heterocycles. The highest BCUT2D eigenvalue weighted by molar-refractivity contribution is 5.95. The molecule has 0 unspecified atom stereocenters. The third-order valence-electron chi connectivity index (χ3n) is 9.10. The van der Waals surface area contributed by atoms with Crippen LogP contribution in [0, 0.1) is 34.5 Å². The molecule has 7 heteroatoms. The Morgan fingerprint density at radius 2 is 1.93 bits per heavy atom. The van der Waals surface area contributed by atoms with Gasteiger partial charge in [0.15, 0.2) is 17.4 Å². The Kier molecular flexibility index (Phi) is 4.66. The lowest BCUT2D eigenvalue weighted by Gasteiger charge is -2.61. The number of carbonyl (C=O) groups excluding carboxylic acids is 2. The number of aliphatic hydroxyl groups is 3. The van der Waals surface area contributed by atoms with E-state index in [-0.39, 0.29) is 43.1 Å². The first kappa shape index (κ1) is 21.1. The van der Waals surface area contributed by atoms with Gasteiger partial charge in [0, 0.05) is 22.8 Å². The van der Waals surface area contributed by atoms with Crippen LogP contribution in [-0.2, 0) is 9.59 Å². The molecule has 162 valence electrons. The van der Waals surface area contributed by atoms with E-state index in [4.69, 9.17) is 0 Å². The Bertz CT molecular complexity index is 796. The second kappa shape index (κ2) is 6.41. The Hall–Kier alpha value is -1.18. The first-order valence-corrected chi connectivity index (χ1v) is 10.6. The molecule has 4 aliphatic carbocycles. The highest BCUT2D eigenvalue weighted by Crippen LogP contribution is 2.69. The summed E-state index contributed by atoms with van der Waals surface area (Å²) in [5.41, 5.74) is -3.88. The van der Waals surface area contributed by atoms with Crippen LogP contribution in [0.5, 0.6) is 0 Å². The van der Waals surface area contributed by atoms with E-state index in [0.29, 0.717) is 6.42 Å². The minimum Gasteiger partial charge on any atom is -0.393 e. The summed E-state index contributed by atoms with van der Waals surface area (Å²) in [5, 5.41) is 32.1. The molecule has 0 aliphatic heterocycles. The van der Waals surface area contributed by atoms with Gasteiger partial charge >= 0.3 is 0 Å². The van der Waals surface area contributed by atoms with Crippen LogP contribution in [0.15, 0.2) is 11.4 Å². The number of Topliss-reactive ketones (excluding diaryl/α,β-unsaturated/α-hetero) is 2. The maximum absolute atomic E-state index is 15.3. The third-order valence-corrected chi connectivity index (χ3v) is 9.10. The van der Waals surface area contributed by atoms with Gasteiger partial charge in [0.25, 0.3) is 0 Å². The lowest BCUT2D eigenvalue weighted by Crippen LogP contribution is -2.64. The van der Waals surface area contributed by atoms with Crippen molar-refractivity contribution < 1.29 is 33.7 Å². The summed E-state index contributed by atoms with van der Waals surface area (Å²) >= 11 is 0. The van der Waals surface area contributed by atoms with Gasteiger partial charge in [0.2, 0.25) is 0 Å². The fourth-order valence-corrected chi connectivity index (χ4v) is 7.85. The van der Waals surface area contributed by atoms with Crippen molar-refractivity contribution in [2.24, 2.45) is 34.5 Å². The van der Waals surface area contributed by atoms with E-state index in [1.165, 1.54) is 0 Å². The Balaban J connectivity index is 1.82. The zero-order valence-electron chi connectivity index (χ0n) is 17.1. The maximum Gasteiger partial charge on any atom is 0.191 e. The first-order chi connectivity index (χ1) is 13.4. The molecule has 3 fully saturated rings. The number of hydrogen-bond acceptors (Lipinski definition) is 5. The number of halogens is 2. The molecule has 3 N–H and O–H groups in total. The summed E-state index contributed by atoms with van der Waals surface area (Å²) in [6.07, 6.45) is -1.79. The van der Waals surface area contributed by atoms with E-state index in [9.17, 15) is 29.3 Å². The van der Waals surface area contributed by atoms with Gasteiger partial charge in [-0.25, -0.2) is 8.78 Å². The molecule has 0 amide bonds. The summed E-state index contributed by atoms with van der Waals surface area (Å²) in [5.74, 6) is -3.83. The van der Waals surface area contributed by atoms with Crippen molar-refractivity contribution >= 4 is 11.6 Å². The average molecular weight is 412 g/mol. The van der Waals surface area contributed by atoms with Gasteiger partial charge in [-0.15, -0.1) is 0 Å². The molecule has 0 saturated heterocycles. The second-order valence-corrected chi connectivity index (χ2v) is 10.2. The molecular formula is C22H30F2O5. The molecule has 9 atom stereocenters. The predicted molar refractivity (Wildman–Crippen MR) is 100 cm³/mol. The number of carbonyl (C=O) groups is 2. The minimum atomic E-state index is -1.80. The van der Waals surface area contributed by atoms with Crippen LogP contribution >= 0.6 is 0 Å². The molecule has 29 heavy (non-hydrogen) atoms. The van der Waals surface area contributed by atoms with Gasteiger partial charge in [0.05, 0.1) is 6.10 Å². The maximum atomic E-state index is 15.3. The van der Waals surface area contributed by atoms with Crippen molar-refractivity contribution in [3.63, 3.8) is 0 Å². The SMILES string of the molecule is C[C@@H]1C[C@H]2[C@@H]3C[C@H](F)C4=C(F)C(=O)CC[C@]4(C)[C@H]3[C@@H](O)C[C@]2(C)[C@@]1(O)C(=O)CO. The Labute approximate surface area is 169 Å². The van der Waals surface area contributed by atoms with Crippen LogP contribution in [0.25, 0.3) is 0 Å². The molecule has 0 radical (unpaired) electrons. The number of ketones is 2. The van der Waals surface area contributed by atoms with Crippen molar-refractivity contribution in [1.29, 1.82) is 0 Å². The standard InChI is InChI=1S/C22H30F2O5/c1-10-6-12-11-7-13(23)18-19(24)14(26)4-5-20(18,2)17(11)15(27)8-21(12,3)22(10,29)16(28)9-25/h10-13,15,17,25,27,29H,4-9H2,1-3H3/t10-,11+,12+,13+,15+,17-,20-,21+,22+/m1/s1. The van der Waals surface area contributed by atoms with Crippen LogP contribution in [0.1, 0.15) is 52.9 Å². The van der Waals surface area contributed by atoms with E-state index >= 15 is 4.39 Å². The van der Waals surface area contributed by atoms with Gasteiger partial charge in [-0.3, -0.25) is 9.59 Å². The van der Waals surface area contributed by atoms with Gasteiger partial charge < -0.3 is 15.3 Å². The summed E-state index contributed by atoms with van der Waals surface area (Å²) in [4.78, 5) is 24.4. The fourth-order valence-electron chi connectivity index (χ4n) is 7.85. The molecule has 0 aromatic carbocycles. The number of alkyl halides is 1. The second-order valence-electron chi connectivity index (χ2n) is 10.2. The summed E-state index contributed by atoms with van der Waals surface area (Å²) in [7, 11) is 0. The van der Waals surface area contributed by atoms with E-state index in [2.05, 4.69) is 0 Å². The normalized spacial score (nSPS) is 52.1. The van der Waals surface area contributed by atoms with E-state index in [0.717, 1.165) is 0 Å². The highest BCUT2D eigenvalue weighted by Gasteiger charge is 2.71. The smallest absolute Gasteiger partial charge is 0.191 e. The summed E-state index contributed by atoms with van der Waals surface area (Å²) < 4.78 is 30.0. The zero-order chi connectivity index (χ0) is 21.5. The Morgan fingerprint density at radius 1 is 1.28 bits per heavy atom. The highest BCUT2D eigenvalue weighted by atomic mass is 19.1. The number of hydrogen-bond donors (Lipinski definition) is 3. The average Bonchev–Trinajstić information content (AvgIpc) is 2.85. The van der Waals surface area contributed by atoms with Gasteiger partial charge in [-0.1, -0.05) is 20.8 Å². The number of aliphatic hydroxyl groups excluding tert-OH is 2. The number of rotatable bonds is 2. The van der Waals surface area contributed by atoms with Crippen molar-refractivity contribution in [1.82, 2.24) is 0 Å². The molecule has 0 bridgehead atoms. The molecule has 0 aromatic heterocycles. The number of fused-ring (bicyclic) bond motifs is 5. The molecule has 5 nitrogen and oxygen atoms in total. The van der Waals surface area contributed by atoms with Crippen LogP contribution < -0.4 is 0 Å². The van der Waals surface area contributed by atoms with Crippen LogP contribution in [0.3, 0.4) is 0 Å². The minimum absolute atomic E-state index is 0.0141. The van der Waals surface area contributed by atoms with Gasteiger partial charge in [0.1, 0.15) is 18.4 Å². The quantitative estimate of drug-likeness (QED) is 0.647. The largest absolute Gasteiger partial charge is 0.393 e. The Morgan fingerprint density at radius 3 is 2.55 bits per heavy atom. The van der Waals surface area contributed by atoms with E-state index in [1.807, 2.05) is 0 Å². The van der Waals surface area contributed by atoms with Crippen LogP contribution in [-0.4, -0.2) is 51.4 Å². The summed E-state index contributed by atoms with van der Waals surface area (Å²) in [6, 6.07) is 0. The van der Waals surface area contributed by atoms with E-state index < -0.39 is 64.5 Å². The number of allylic oxidation sites excluding steroid dienone is 1. The van der Waals surface area contributed by atoms with Crippen molar-refractivity contribution in [3.8, 4) is 0 Å². The molecule has 0 spiro atoms. The molecule has 4 rings (SSSR count). The molecule has 3 saturated carbocycles. The van der Waals surface area contributed by atoms with Crippen LogP contribution in [0.4, 0.5) is 8.78 Å². The fraction of sp³-hybridized carbons (Fsp3) is 0.818. The third kappa shape index (κ3) is 2.41. The lowest BCUT2D eigenvalue weighted by atomic mass is 9.45. The predicted octanol–water partition coefficient (Wildman–Crippen LogP) is 2.27. The van der Waals surface area contributed by atoms with Crippen molar-refractivity contribution in [2.45, 2.75) is 70.8 Å². The van der Waals surface area contributed by atoms with Gasteiger partial charge in [-0.05, 0) is 49.4 Å². The monoisotopic (exact) mass is 412 g/mol. The van der Waals surface area contributed by atoms with E-state index in [1.54, 1.807) is 20.8 Å². The summed E-state index contributed by atoms with van der Waals surface area (Å²) in [6.45, 7) is 4.45. The molecule has 0 aromatic rings. The van der Waals surface area contributed by atoms with Crippen molar-refractivity contribution in [3.05, 3.63) is 11.4 Å². The van der Waals surface area contributed by atoms with Crippen molar-refractivity contribution in [2.75, 3.05) is 6.61 Å². The van der Waals surface area contributed by atoms with Gasteiger partial charge in [-0.2, -0.15) is 0 Å².